The molecule has 0 aromatic rings. The zero-order chi connectivity index (χ0) is 11.0. The molecule has 0 aliphatic carbocycles. The second kappa shape index (κ2) is 7.55. The second-order valence-electron chi connectivity index (χ2n) is 4.60. The van der Waals surface area contributed by atoms with Crippen LogP contribution in [0, 0.1) is 0 Å². The summed E-state index contributed by atoms with van der Waals surface area (Å²) in [5.41, 5.74) is 0. The Bertz CT molecular complexity index is 134. The van der Waals surface area contributed by atoms with Crippen molar-refractivity contribution in [2.24, 2.45) is 0 Å². The first-order valence-corrected chi connectivity index (χ1v) is 6.30. The van der Waals surface area contributed by atoms with Crippen LogP contribution in [0.1, 0.15) is 34.1 Å². The van der Waals surface area contributed by atoms with Gasteiger partial charge in [-0.1, -0.05) is 20.8 Å². The smallest absolute Gasteiger partial charge is 0.0476 e. The van der Waals surface area contributed by atoms with E-state index in [-0.39, 0.29) is 0 Å². The molecule has 3 heteroatoms. The Morgan fingerprint density at radius 1 is 1.36 bits per heavy atom. The zero-order valence-electron chi connectivity index (χ0n) is 10.2. The molecule has 0 radical (unpaired) electrons. The molecule has 0 saturated heterocycles. The average molecular weight is 219 g/mol. The monoisotopic (exact) mass is 219 g/mol. The Morgan fingerprint density at radius 2 is 2.00 bits per heavy atom. The highest BCUT2D eigenvalue weighted by Crippen LogP contribution is 2.21. The van der Waals surface area contributed by atoms with E-state index in [4.69, 9.17) is 4.74 Å². The van der Waals surface area contributed by atoms with Gasteiger partial charge in [-0.3, -0.25) is 0 Å². The summed E-state index contributed by atoms with van der Waals surface area (Å²) in [6, 6.07) is 0.565. The van der Waals surface area contributed by atoms with Crippen molar-refractivity contribution in [3.63, 3.8) is 0 Å². The number of hydrogen-bond donors (Lipinski definition) is 1. The van der Waals surface area contributed by atoms with Crippen molar-refractivity contribution in [3.8, 4) is 0 Å². The standard InChI is InChI=1S/C11H25NOS/c1-10(6-8-13-5)12-7-9-14-11(2,3)4/h10,12H,6-9H2,1-5H3. The fourth-order valence-corrected chi connectivity index (χ4v) is 1.89. The van der Waals surface area contributed by atoms with Crippen LogP contribution in [0.5, 0.6) is 0 Å². The molecule has 0 bridgehead atoms. The van der Waals surface area contributed by atoms with Crippen LogP contribution >= 0.6 is 11.8 Å². The predicted molar refractivity (Wildman–Crippen MR) is 66.2 cm³/mol. The molecule has 14 heavy (non-hydrogen) atoms. The van der Waals surface area contributed by atoms with E-state index in [1.165, 1.54) is 5.75 Å². The van der Waals surface area contributed by atoms with Crippen LogP contribution < -0.4 is 5.32 Å². The molecule has 0 aliphatic heterocycles. The first-order valence-electron chi connectivity index (χ1n) is 5.32. The maximum absolute atomic E-state index is 5.03. The number of methoxy groups -OCH3 is 1. The first-order chi connectivity index (χ1) is 6.45. The molecule has 0 aromatic carbocycles. The highest BCUT2D eigenvalue weighted by molar-refractivity contribution is 8.00. The minimum absolute atomic E-state index is 0.386. The molecule has 86 valence electrons. The molecule has 1 atom stereocenters. The van der Waals surface area contributed by atoms with Crippen LogP contribution in [0.15, 0.2) is 0 Å². The lowest BCUT2D eigenvalue weighted by Crippen LogP contribution is -2.30. The lowest BCUT2D eigenvalue weighted by molar-refractivity contribution is 0.185. The zero-order valence-corrected chi connectivity index (χ0v) is 11.0. The van der Waals surface area contributed by atoms with Gasteiger partial charge in [-0.2, -0.15) is 11.8 Å². The predicted octanol–water partition coefficient (Wildman–Crippen LogP) is 2.53. The largest absolute Gasteiger partial charge is 0.385 e. The Hall–Kier alpha value is 0.270. The normalized spacial score (nSPS) is 14.4. The van der Waals surface area contributed by atoms with E-state index in [9.17, 15) is 0 Å². The number of nitrogens with one attached hydrogen (secondary N) is 1. The molecular weight excluding hydrogens is 194 g/mol. The molecule has 0 spiro atoms. The van der Waals surface area contributed by atoms with E-state index in [1.807, 2.05) is 11.8 Å². The van der Waals surface area contributed by atoms with Gasteiger partial charge in [0, 0.05) is 36.8 Å². The van der Waals surface area contributed by atoms with Crippen molar-refractivity contribution in [2.45, 2.75) is 44.9 Å². The van der Waals surface area contributed by atoms with Crippen LogP contribution in [0.25, 0.3) is 0 Å². The minimum Gasteiger partial charge on any atom is -0.385 e. The highest BCUT2D eigenvalue weighted by atomic mass is 32.2. The van der Waals surface area contributed by atoms with Crippen molar-refractivity contribution >= 4 is 11.8 Å². The van der Waals surface area contributed by atoms with Gasteiger partial charge in [0.25, 0.3) is 0 Å². The molecule has 0 saturated carbocycles. The second-order valence-corrected chi connectivity index (χ2v) is 6.52. The van der Waals surface area contributed by atoms with Crippen molar-refractivity contribution in [1.29, 1.82) is 0 Å². The van der Waals surface area contributed by atoms with Gasteiger partial charge in [0.15, 0.2) is 0 Å². The first kappa shape index (κ1) is 14.3. The summed E-state index contributed by atoms with van der Waals surface area (Å²) in [5, 5.41) is 3.49. The molecule has 0 amide bonds. The highest BCUT2D eigenvalue weighted by Gasteiger charge is 2.09. The van der Waals surface area contributed by atoms with Gasteiger partial charge in [0.2, 0.25) is 0 Å². The summed E-state index contributed by atoms with van der Waals surface area (Å²) in [7, 11) is 1.75. The average Bonchev–Trinajstić information content (AvgIpc) is 2.07. The minimum atomic E-state index is 0.386. The lowest BCUT2D eigenvalue weighted by Gasteiger charge is -2.19. The van der Waals surface area contributed by atoms with E-state index in [0.717, 1.165) is 19.6 Å². The number of ether oxygens (including phenoxy) is 1. The summed E-state index contributed by atoms with van der Waals surface area (Å²) in [4.78, 5) is 0. The van der Waals surface area contributed by atoms with E-state index in [1.54, 1.807) is 7.11 Å². The fraction of sp³-hybridized carbons (Fsp3) is 1.00. The molecule has 1 unspecified atom stereocenters. The van der Waals surface area contributed by atoms with Crippen LogP contribution in [-0.4, -0.2) is 36.8 Å². The summed E-state index contributed by atoms with van der Waals surface area (Å²) >= 11 is 2.01. The van der Waals surface area contributed by atoms with Gasteiger partial charge in [-0.05, 0) is 13.3 Å². The van der Waals surface area contributed by atoms with E-state index in [0.29, 0.717) is 10.8 Å². The quantitative estimate of drug-likeness (QED) is 0.665. The van der Waals surface area contributed by atoms with Gasteiger partial charge >= 0.3 is 0 Å². The third-order valence-electron chi connectivity index (χ3n) is 1.88. The Labute approximate surface area is 93.2 Å². The van der Waals surface area contributed by atoms with Gasteiger partial charge < -0.3 is 10.1 Å². The molecule has 0 fully saturated rings. The SMILES string of the molecule is COCCC(C)NCCSC(C)(C)C. The van der Waals surface area contributed by atoms with Crippen molar-refractivity contribution in [2.75, 3.05) is 26.0 Å². The number of hydrogen-bond acceptors (Lipinski definition) is 3. The number of rotatable bonds is 7. The van der Waals surface area contributed by atoms with E-state index in [2.05, 4.69) is 33.0 Å². The van der Waals surface area contributed by atoms with Crippen LogP contribution in [0.3, 0.4) is 0 Å². The van der Waals surface area contributed by atoms with Crippen LogP contribution in [-0.2, 0) is 4.74 Å². The topological polar surface area (TPSA) is 21.3 Å². The van der Waals surface area contributed by atoms with Crippen molar-refractivity contribution in [3.05, 3.63) is 0 Å². The molecular formula is C11H25NOS. The molecule has 0 aromatic heterocycles. The summed E-state index contributed by atoms with van der Waals surface area (Å²) in [6.45, 7) is 10.9. The fourth-order valence-electron chi connectivity index (χ4n) is 1.06. The third kappa shape index (κ3) is 10.4. The third-order valence-corrected chi connectivity index (χ3v) is 3.16. The Balaban J connectivity index is 3.27. The molecule has 0 rings (SSSR count). The van der Waals surface area contributed by atoms with Gasteiger partial charge in [-0.25, -0.2) is 0 Å². The maximum Gasteiger partial charge on any atom is 0.0476 e. The molecule has 2 nitrogen and oxygen atoms in total. The van der Waals surface area contributed by atoms with Gasteiger partial charge in [0.05, 0.1) is 0 Å². The van der Waals surface area contributed by atoms with Crippen molar-refractivity contribution in [1.82, 2.24) is 5.32 Å². The van der Waals surface area contributed by atoms with Crippen LogP contribution in [0.2, 0.25) is 0 Å². The van der Waals surface area contributed by atoms with E-state index < -0.39 is 0 Å². The van der Waals surface area contributed by atoms with E-state index >= 15 is 0 Å². The molecule has 0 aliphatic rings. The number of thioether (sulfide) groups is 1. The Kier molecular flexibility index (Phi) is 7.69. The van der Waals surface area contributed by atoms with Crippen molar-refractivity contribution < 1.29 is 4.74 Å². The maximum atomic E-state index is 5.03. The van der Waals surface area contributed by atoms with Gasteiger partial charge in [0.1, 0.15) is 0 Å². The summed E-state index contributed by atoms with van der Waals surface area (Å²) in [6.07, 6.45) is 1.09. The molecule has 1 N–H and O–H groups in total. The lowest BCUT2D eigenvalue weighted by atomic mass is 10.2. The van der Waals surface area contributed by atoms with Crippen LogP contribution in [0.4, 0.5) is 0 Å². The Morgan fingerprint density at radius 3 is 2.50 bits per heavy atom. The molecule has 0 heterocycles. The summed E-state index contributed by atoms with van der Waals surface area (Å²) in [5.74, 6) is 1.18. The van der Waals surface area contributed by atoms with Gasteiger partial charge in [-0.15, -0.1) is 0 Å². The summed E-state index contributed by atoms with van der Waals surface area (Å²) < 4.78 is 5.41.